The minimum absolute atomic E-state index is 0.197. The molecule has 2 aliphatic heterocycles. The van der Waals surface area contributed by atoms with Crippen molar-refractivity contribution >= 4 is 17.7 Å². The molecule has 2 heterocycles. The molecule has 2 aromatic carbocycles. The van der Waals surface area contributed by atoms with Crippen molar-refractivity contribution in [2.75, 3.05) is 24.8 Å². The summed E-state index contributed by atoms with van der Waals surface area (Å²) in [5, 5.41) is 6.74. The molecule has 2 aliphatic rings. The molecule has 0 saturated heterocycles. The third-order valence-corrected chi connectivity index (χ3v) is 4.30. The number of nitrogens with zero attached hydrogens (tertiary/aromatic N) is 4. The molecule has 0 amide bonds. The van der Waals surface area contributed by atoms with Crippen LogP contribution in [0.15, 0.2) is 52.6 Å². The number of hydrazone groups is 1. The van der Waals surface area contributed by atoms with E-state index in [0.29, 0.717) is 37.0 Å². The first kappa shape index (κ1) is 17.7. The Kier molecular flexibility index (Phi) is 4.74. The third kappa shape index (κ3) is 3.19. The second-order valence-corrected chi connectivity index (χ2v) is 6.01. The number of hydrogen-bond donors (Lipinski definition) is 1. The molecular weight excluding hydrogens is 362 g/mol. The van der Waals surface area contributed by atoms with Gasteiger partial charge in [0, 0.05) is 5.56 Å². The number of ether oxygens (including phenoxy) is 3. The summed E-state index contributed by atoms with van der Waals surface area (Å²) in [6, 6.07) is 12.7. The van der Waals surface area contributed by atoms with Crippen molar-refractivity contribution in [3.63, 3.8) is 0 Å². The van der Waals surface area contributed by atoms with Crippen molar-refractivity contribution in [1.82, 2.24) is 5.12 Å². The highest BCUT2D eigenvalue weighted by molar-refractivity contribution is 5.95. The van der Waals surface area contributed by atoms with Gasteiger partial charge in [-0.2, -0.15) is 5.12 Å². The first-order chi connectivity index (χ1) is 13.7. The SMILES string of the molecule is CCOc1ccc(N2C(N)=NC(c3ccc4c(c3)OCCO4)N2N=C=O)cc1. The van der Waals surface area contributed by atoms with Crippen LogP contribution < -0.4 is 25.0 Å². The van der Waals surface area contributed by atoms with E-state index in [-0.39, 0.29) is 5.96 Å². The second-order valence-electron chi connectivity index (χ2n) is 6.01. The summed E-state index contributed by atoms with van der Waals surface area (Å²) in [4.78, 5) is 15.5. The molecule has 9 heteroatoms. The van der Waals surface area contributed by atoms with E-state index >= 15 is 0 Å². The summed E-state index contributed by atoms with van der Waals surface area (Å²) in [6.07, 6.45) is 0.938. The Morgan fingerprint density at radius 1 is 1.21 bits per heavy atom. The van der Waals surface area contributed by atoms with Crippen molar-refractivity contribution < 1.29 is 19.0 Å². The smallest absolute Gasteiger partial charge is 0.260 e. The van der Waals surface area contributed by atoms with E-state index in [4.69, 9.17) is 19.9 Å². The zero-order chi connectivity index (χ0) is 19.5. The largest absolute Gasteiger partial charge is 0.494 e. The highest BCUT2D eigenvalue weighted by Crippen LogP contribution is 2.38. The zero-order valence-electron chi connectivity index (χ0n) is 15.2. The molecule has 0 radical (unpaired) electrons. The number of rotatable bonds is 5. The van der Waals surface area contributed by atoms with Crippen LogP contribution in [-0.2, 0) is 4.79 Å². The fraction of sp³-hybridized carbons (Fsp3) is 0.263. The molecule has 4 rings (SSSR count). The number of hydrogen-bond acceptors (Lipinski definition) is 9. The second kappa shape index (κ2) is 7.50. The number of anilines is 1. The van der Waals surface area contributed by atoms with Crippen LogP contribution in [0.4, 0.5) is 5.69 Å². The van der Waals surface area contributed by atoms with E-state index in [1.54, 1.807) is 17.2 Å². The lowest BCUT2D eigenvalue weighted by atomic mass is 10.1. The lowest BCUT2D eigenvalue weighted by Crippen LogP contribution is -2.42. The molecule has 0 saturated carbocycles. The van der Waals surface area contributed by atoms with Gasteiger partial charge in [0.25, 0.3) is 6.08 Å². The number of nitrogens with two attached hydrogens (primary N) is 1. The van der Waals surface area contributed by atoms with Gasteiger partial charge < -0.3 is 19.9 Å². The van der Waals surface area contributed by atoms with Gasteiger partial charge in [-0.05, 0) is 43.3 Å². The summed E-state index contributed by atoms with van der Waals surface area (Å²) in [5.74, 6) is 2.21. The molecule has 0 aliphatic carbocycles. The van der Waals surface area contributed by atoms with Gasteiger partial charge in [0.05, 0.1) is 12.3 Å². The van der Waals surface area contributed by atoms with Gasteiger partial charge in [-0.15, -0.1) is 0 Å². The Balaban J connectivity index is 1.67. The van der Waals surface area contributed by atoms with Crippen LogP contribution >= 0.6 is 0 Å². The normalized spacial score (nSPS) is 17.8. The molecule has 0 fully saturated rings. The minimum Gasteiger partial charge on any atom is -0.494 e. The number of fused-ring (bicyclic) bond motifs is 1. The van der Waals surface area contributed by atoms with Crippen LogP contribution in [0.5, 0.6) is 17.2 Å². The quantitative estimate of drug-likeness (QED) is 0.625. The fourth-order valence-corrected chi connectivity index (χ4v) is 3.12. The van der Waals surface area contributed by atoms with Crippen molar-refractivity contribution in [3.05, 3.63) is 48.0 Å². The Morgan fingerprint density at radius 3 is 2.68 bits per heavy atom. The van der Waals surface area contributed by atoms with Crippen LogP contribution in [0, 0.1) is 0 Å². The van der Waals surface area contributed by atoms with Crippen LogP contribution in [-0.4, -0.2) is 37.0 Å². The molecule has 1 atom stereocenters. The van der Waals surface area contributed by atoms with Gasteiger partial charge in [0.1, 0.15) is 19.0 Å². The van der Waals surface area contributed by atoms with Crippen LogP contribution in [0.3, 0.4) is 0 Å². The number of aliphatic imine (C=N–C) groups is 1. The number of guanidine groups is 1. The van der Waals surface area contributed by atoms with Gasteiger partial charge >= 0.3 is 0 Å². The van der Waals surface area contributed by atoms with Crippen LogP contribution in [0.2, 0.25) is 0 Å². The molecule has 144 valence electrons. The summed E-state index contributed by atoms with van der Waals surface area (Å²) >= 11 is 0. The van der Waals surface area contributed by atoms with Crippen molar-refractivity contribution in [1.29, 1.82) is 0 Å². The van der Waals surface area contributed by atoms with Gasteiger partial charge in [-0.1, -0.05) is 11.2 Å². The van der Waals surface area contributed by atoms with E-state index in [1.807, 2.05) is 43.3 Å². The molecular formula is C19H19N5O4. The molecule has 0 aromatic heterocycles. The maximum Gasteiger partial charge on any atom is 0.260 e. The lowest BCUT2D eigenvalue weighted by Gasteiger charge is -2.29. The Morgan fingerprint density at radius 2 is 1.96 bits per heavy atom. The van der Waals surface area contributed by atoms with Gasteiger partial charge in [0.15, 0.2) is 17.7 Å². The molecule has 9 nitrogen and oxygen atoms in total. The predicted molar refractivity (Wildman–Crippen MR) is 102 cm³/mol. The third-order valence-electron chi connectivity index (χ3n) is 4.30. The summed E-state index contributed by atoms with van der Waals surface area (Å²) in [5.41, 5.74) is 7.58. The lowest BCUT2D eigenvalue weighted by molar-refractivity contribution is 0.170. The number of carbonyl (C=O) groups excluding carboxylic acids is 1. The topological polar surface area (TPSA) is 102 Å². The van der Waals surface area contributed by atoms with Crippen LogP contribution in [0.25, 0.3) is 0 Å². The van der Waals surface area contributed by atoms with Gasteiger partial charge in [-0.25, -0.2) is 14.8 Å². The summed E-state index contributed by atoms with van der Waals surface area (Å²) < 4.78 is 16.6. The molecule has 28 heavy (non-hydrogen) atoms. The highest BCUT2D eigenvalue weighted by Gasteiger charge is 2.35. The molecule has 0 spiro atoms. The van der Waals surface area contributed by atoms with Crippen molar-refractivity contribution in [2.45, 2.75) is 13.1 Å². The minimum atomic E-state index is -0.635. The predicted octanol–water partition coefficient (Wildman–Crippen LogP) is 2.16. The Labute approximate surface area is 161 Å². The Bertz CT molecular complexity index is 940. The monoisotopic (exact) mass is 381 g/mol. The zero-order valence-corrected chi connectivity index (χ0v) is 15.2. The standard InChI is InChI=1S/C19H19N5O4/c1-2-26-15-6-4-14(5-7-15)23-19(20)22-18(24(23)21-12-25)13-3-8-16-17(11-13)28-10-9-27-16/h3-8,11,18H,2,9-10H2,1H3,(H2,20,22). The molecule has 2 aromatic rings. The number of isocyanates is 1. The van der Waals surface area contributed by atoms with Crippen molar-refractivity contribution in [3.8, 4) is 17.2 Å². The fourth-order valence-electron chi connectivity index (χ4n) is 3.12. The Hall–Kier alpha value is -3.71. The maximum absolute atomic E-state index is 11.1. The average molecular weight is 381 g/mol. The number of benzene rings is 2. The first-order valence-corrected chi connectivity index (χ1v) is 8.84. The first-order valence-electron chi connectivity index (χ1n) is 8.84. The van der Waals surface area contributed by atoms with E-state index in [0.717, 1.165) is 11.3 Å². The molecule has 1 unspecified atom stereocenters. The summed E-state index contributed by atoms with van der Waals surface area (Å²) in [7, 11) is 0. The maximum atomic E-state index is 11.1. The van der Waals surface area contributed by atoms with E-state index < -0.39 is 6.17 Å². The van der Waals surface area contributed by atoms with Crippen molar-refractivity contribution in [2.24, 2.45) is 15.8 Å². The van der Waals surface area contributed by atoms with Gasteiger partial charge in [-0.3, -0.25) is 0 Å². The molecule has 2 N–H and O–H groups in total. The highest BCUT2D eigenvalue weighted by atomic mass is 16.6. The van der Waals surface area contributed by atoms with Gasteiger partial charge in [0.2, 0.25) is 5.96 Å². The van der Waals surface area contributed by atoms with Crippen LogP contribution in [0.1, 0.15) is 18.7 Å². The number of hydrazine groups is 1. The average Bonchev–Trinajstić information content (AvgIpc) is 3.05. The van der Waals surface area contributed by atoms with E-state index in [2.05, 4.69) is 10.1 Å². The van der Waals surface area contributed by atoms with E-state index in [9.17, 15) is 4.79 Å². The molecule has 0 bridgehead atoms. The summed E-state index contributed by atoms with van der Waals surface area (Å²) in [6.45, 7) is 3.47. The van der Waals surface area contributed by atoms with E-state index in [1.165, 1.54) is 5.12 Å².